The van der Waals surface area contributed by atoms with Crippen LogP contribution in [0, 0.1) is 0 Å². The van der Waals surface area contributed by atoms with E-state index in [0.717, 1.165) is 50.9 Å². The SMILES string of the molecule is C=C/C=C(\C=C/CC)c1cc(-c2ccccc2)cc(-c2cc(-c3ccccc3)cc(-c3cc(/C(C=C=CC)=C/C)cc(-c4ccccc4)c3)c2)c1. The Morgan fingerprint density at radius 3 is 1.25 bits per heavy atom. The highest BCUT2D eigenvalue weighted by Gasteiger charge is 2.14. The predicted octanol–water partition coefficient (Wildman–Crippen LogP) is 14.7. The lowest BCUT2D eigenvalue weighted by molar-refractivity contribution is 1.22. The summed E-state index contributed by atoms with van der Waals surface area (Å²) in [6.45, 7) is 10.3. The highest BCUT2D eigenvalue weighted by Crippen LogP contribution is 2.38. The Morgan fingerprint density at radius 2 is 0.882 bits per heavy atom. The van der Waals surface area contributed by atoms with Crippen molar-refractivity contribution in [2.75, 3.05) is 0 Å². The predicted molar refractivity (Wildman–Crippen MR) is 223 cm³/mol. The zero-order valence-corrected chi connectivity index (χ0v) is 29.8. The Labute approximate surface area is 304 Å². The number of hydrogen-bond donors (Lipinski definition) is 0. The molecule has 0 bridgehead atoms. The minimum Gasteiger partial charge on any atom is -0.125 e. The molecule has 0 fully saturated rings. The van der Waals surface area contributed by atoms with Crippen molar-refractivity contribution < 1.29 is 0 Å². The summed E-state index contributed by atoms with van der Waals surface area (Å²) in [7, 11) is 0. The molecule has 0 radical (unpaired) electrons. The summed E-state index contributed by atoms with van der Waals surface area (Å²) in [6.07, 6.45) is 15.5. The van der Waals surface area contributed by atoms with Gasteiger partial charge in [-0.3, -0.25) is 0 Å². The maximum atomic E-state index is 4.03. The molecule has 6 aromatic carbocycles. The number of allylic oxidation sites excluding steroid dienone is 8. The Morgan fingerprint density at radius 1 is 0.510 bits per heavy atom. The second-order valence-electron chi connectivity index (χ2n) is 12.5. The van der Waals surface area contributed by atoms with Crippen LogP contribution in [0.2, 0.25) is 0 Å². The molecule has 0 N–H and O–H groups in total. The summed E-state index contributed by atoms with van der Waals surface area (Å²) in [5, 5.41) is 0. The molecule has 0 spiro atoms. The lowest BCUT2D eigenvalue weighted by Gasteiger charge is -2.16. The first kappa shape index (κ1) is 34.7. The quantitative estimate of drug-likeness (QED) is 0.0962. The van der Waals surface area contributed by atoms with Crippen LogP contribution in [0.3, 0.4) is 0 Å². The normalized spacial score (nSPS) is 11.7. The second kappa shape index (κ2) is 17.0. The molecule has 0 unspecified atom stereocenters. The molecule has 0 heteroatoms. The fraction of sp³-hybridized carbons (Fsp3) is 0.0784. The van der Waals surface area contributed by atoms with Gasteiger partial charge in [0.1, 0.15) is 0 Å². The van der Waals surface area contributed by atoms with E-state index in [2.05, 4.69) is 202 Å². The van der Waals surface area contributed by atoms with Gasteiger partial charge in [-0.05, 0) is 165 Å². The van der Waals surface area contributed by atoms with E-state index in [-0.39, 0.29) is 0 Å². The molecule has 248 valence electrons. The van der Waals surface area contributed by atoms with Gasteiger partial charge in [-0.25, -0.2) is 0 Å². The van der Waals surface area contributed by atoms with E-state index in [1.807, 2.05) is 19.1 Å². The zero-order chi connectivity index (χ0) is 35.4. The summed E-state index contributed by atoms with van der Waals surface area (Å²) in [5.41, 5.74) is 19.6. The van der Waals surface area contributed by atoms with Gasteiger partial charge in [0.2, 0.25) is 0 Å². The molecular weight excluding hydrogens is 613 g/mol. The largest absolute Gasteiger partial charge is 0.125 e. The molecular formula is C51H44. The van der Waals surface area contributed by atoms with Crippen LogP contribution in [0.25, 0.3) is 66.8 Å². The van der Waals surface area contributed by atoms with Crippen molar-refractivity contribution in [2.24, 2.45) is 0 Å². The Kier molecular flexibility index (Phi) is 11.5. The van der Waals surface area contributed by atoms with Crippen LogP contribution < -0.4 is 0 Å². The van der Waals surface area contributed by atoms with E-state index in [1.165, 1.54) is 33.4 Å². The molecule has 0 aliphatic heterocycles. The second-order valence-corrected chi connectivity index (χ2v) is 12.5. The molecule has 0 aliphatic rings. The Hall–Kier alpha value is -6.20. The van der Waals surface area contributed by atoms with Gasteiger partial charge in [0.15, 0.2) is 0 Å². The van der Waals surface area contributed by atoms with Gasteiger partial charge in [-0.1, -0.05) is 135 Å². The molecule has 0 saturated carbocycles. The standard InChI is InChI=1S/C51H44/c1-5-9-21-38(8-4)43-29-45(40-23-14-11-15-24-40)33-48(30-43)50-35-47(42-27-18-13-19-28-42)36-51(37-50)49-32-44(39(20-7-3)22-10-6-2)31-46(34-49)41-25-16-12-17-26-41/h5,7-8,10-37H,3,6H2,1-2,4H3/b22-10-,38-8+,39-20+. The third kappa shape index (κ3) is 8.52. The summed E-state index contributed by atoms with van der Waals surface area (Å²) in [4.78, 5) is 0. The zero-order valence-electron chi connectivity index (χ0n) is 29.8. The lowest BCUT2D eigenvalue weighted by Crippen LogP contribution is -1.92. The third-order valence-corrected chi connectivity index (χ3v) is 9.00. The average Bonchev–Trinajstić information content (AvgIpc) is 3.20. The van der Waals surface area contributed by atoms with Crippen molar-refractivity contribution in [2.45, 2.75) is 27.2 Å². The number of benzene rings is 6. The van der Waals surface area contributed by atoms with Crippen molar-refractivity contribution in [1.29, 1.82) is 0 Å². The minimum atomic E-state index is 0.964. The average molecular weight is 657 g/mol. The number of rotatable bonds is 11. The van der Waals surface area contributed by atoms with Crippen molar-refractivity contribution in [3.05, 3.63) is 212 Å². The first-order valence-corrected chi connectivity index (χ1v) is 17.8. The first-order valence-electron chi connectivity index (χ1n) is 17.8. The molecule has 0 atom stereocenters. The maximum Gasteiger partial charge on any atom is -0.0128 e. The summed E-state index contributed by atoms with van der Waals surface area (Å²) >= 11 is 0. The summed E-state index contributed by atoms with van der Waals surface area (Å²) in [6, 6.07) is 52.9. The van der Waals surface area contributed by atoms with Crippen LogP contribution in [-0.4, -0.2) is 0 Å². The van der Waals surface area contributed by atoms with E-state index >= 15 is 0 Å². The fourth-order valence-electron chi connectivity index (χ4n) is 6.40. The number of hydrogen-bond acceptors (Lipinski definition) is 0. The molecule has 6 rings (SSSR count). The Balaban J connectivity index is 1.63. The van der Waals surface area contributed by atoms with Crippen LogP contribution in [0.1, 0.15) is 38.3 Å². The van der Waals surface area contributed by atoms with Gasteiger partial charge in [0, 0.05) is 0 Å². The van der Waals surface area contributed by atoms with Crippen LogP contribution in [0.5, 0.6) is 0 Å². The van der Waals surface area contributed by atoms with Gasteiger partial charge < -0.3 is 0 Å². The molecule has 0 nitrogen and oxygen atoms in total. The van der Waals surface area contributed by atoms with Crippen LogP contribution in [0.4, 0.5) is 0 Å². The topological polar surface area (TPSA) is 0 Å². The van der Waals surface area contributed by atoms with Crippen LogP contribution in [0.15, 0.2) is 200 Å². The van der Waals surface area contributed by atoms with Gasteiger partial charge in [-0.15, -0.1) is 5.73 Å². The van der Waals surface area contributed by atoms with E-state index in [9.17, 15) is 0 Å². The van der Waals surface area contributed by atoms with Crippen LogP contribution in [-0.2, 0) is 0 Å². The van der Waals surface area contributed by atoms with Crippen molar-refractivity contribution in [3.63, 3.8) is 0 Å². The highest BCUT2D eigenvalue weighted by atomic mass is 14.2. The molecule has 0 amide bonds. The van der Waals surface area contributed by atoms with E-state index in [1.54, 1.807) is 0 Å². The molecule has 0 saturated heterocycles. The van der Waals surface area contributed by atoms with Crippen LogP contribution >= 0.6 is 0 Å². The van der Waals surface area contributed by atoms with E-state index < -0.39 is 0 Å². The van der Waals surface area contributed by atoms with Crippen molar-refractivity contribution >= 4 is 11.1 Å². The van der Waals surface area contributed by atoms with Gasteiger partial charge in [0.25, 0.3) is 0 Å². The highest BCUT2D eigenvalue weighted by molar-refractivity contribution is 5.89. The fourth-order valence-corrected chi connectivity index (χ4v) is 6.40. The van der Waals surface area contributed by atoms with Gasteiger partial charge in [-0.2, -0.15) is 0 Å². The van der Waals surface area contributed by atoms with E-state index in [0.29, 0.717) is 0 Å². The summed E-state index contributed by atoms with van der Waals surface area (Å²) in [5.74, 6) is 0. The van der Waals surface area contributed by atoms with Gasteiger partial charge >= 0.3 is 0 Å². The molecule has 0 aliphatic carbocycles. The lowest BCUT2D eigenvalue weighted by atomic mass is 9.88. The molecule has 0 aromatic heterocycles. The third-order valence-electron chi connectivity index (χ3n) is 9.00. The molecule has 6 aromatic rings. The summed E-state index contributed by atoms with van der Waals surface area (Å²) < 4.78 is 0. The van der Waals surface area contributed by atoms with E-state index in [4.69, 9.17) is 0 Å². The van der Waals surface area contributed by atoms with Crippen molar-refractivity contribution in [1.82, 2.24) is 0 Å². The monoisotopic (exact) mass is 656 g/mol. The van der Waals surface area contributed by atoms with Gasteiger partial charge in [0.05, 0.1) is 0 Å². The minimum absolute atomic E-state index is 0.964. The first-order chi connectivity index (χ1) is 25.1. The Bertz CT molecular complexity index is 2270. The molecule has 0 heterocycles. The molecule has 51 heavy (non-hydrogen) atoms. The smallest absolute Gasteiger partial charge is 0.0128 e. The van der Waals surface area contributed by atoms with Crippen molar-refractivity contribution in [3.8, 4) is 55.6 Å². The maximum absolute atomic E-state index is 4.03.